The van der Waals surface area contributed by atoms with E-state index in [0.717, 1.165) is 18.6 Å². The smallest absolute Gasteiger partial charge is 0.270 e. The summed E-state index contributed by atoms with van der Waals surface area (Å²) in [6.07, 6.45) is 0.807. The van der Waals surface area contributed by atoms with Crippen LogP contribution in [-0.4, -0.2) is 22.4 Å². The van der Waals surface area contributed by atoms with Crippen LogP contribution >= 0.6 is 0 Å². The lowest BCUT2D eigenvalue weighted by Crippen LogP contribution is -2.25. The van der Waals surface area contributed by atoms with Crippen molar-refractivity contribution >= 4 is 17.4 Å². The summed E-state index contributed by atoms with van der Waals surface area (Å²) >= 11 is 0. The molecule has 0 aliphatic heterocycles. The summed E-state index contributed by atoms with van der Waals surface area (Å²) < 4.78 is 26.5. The predicted octanol–water partition coefficient (Wildman–Crippen LogP) is 2.95. The summed E-state index contributed by atoms with van der Waals surface area (Å²) in [6.45, 7) is 4.11. The maximum absolute atomic E-state index is 13.6. The summed E-state index contributed by atoms with van der Waals surface area (Å²) in [6, 6.07) is 4.58. The summed E-state index contributed by atoms with van der Waals surface area (Å²) in [4.78, 5) is 20.1. The normalized spacial score (nSPS) is 10.4. The van der Waals surface area contributed by atoms with Crippen molar-refractivity contribution in [3.63, 3.8) is 0 Å². The molecule has 0 bridgehead atoms. The van der Waals surface area contributed by atoms with Crippen LogP contribution in [0, 0.1) is 18.6 Å². The highest BCUT2D eigenvalue weighted by atomic mass is 19.1. The third-order valence-electron chi connectivity index (χ3n) is 2.80. The van der Waals surface area contributed by atoms with Gasteiger partial charge in [-0.25, -0.2) is 18.7 Å². The molecule has 1 amide bonds. The minimum absolute atomic E-state index is 0.0689. The zero-order valence-corrected chi connectivity index (χ0v) is 12.3. The van der Waals surface area contributed by atoms with Crippen molar-refractivity contribution in [2.45, 2.75) is 20.3 Å². The third-order valence-corrected chi connectivity index (χ3v) is 2.80. The quantitative estimate of drug-likeness (QED) is 0.891. The van der Waals surface area contributed by atoms with E-state index in [4.69, 9.17) is 0 Å². The standard InChI is InChI=1S/C15H16F2N4O/c1-3-6-18-15(22)13-8-14(20-9(2)19-13)21-12-5-4-10(16)7-11(12)17/h4-5,7-8H,3,6H2,1-2H3,(H,18,22)(H,19,20,21). The highest BCUT2D eigenvalue weighted by molar-refractivity contribution is 5.93. The number of carbonyl (C=O) groups excluding carboxylic acids is 1. The maximum Gasteiger partial charge on any atom is 0.270 e. The number of aromatic nitrogens is 2. The van der Waals surface area contributed by atoms with Crippen LogP contribution in [0.2, 0.25) is 0 Å². The molecule has 0 aliphatic rings. The minimum atomic E-state index is -0.742. The van der Waals surface area contributed by atoms with Crippen LogP contribution in [-0.2, 0) is 0 Å². The number of hydrogen-bond donors (Lipinski definition) is 2. The first-order valence-electron chi connectivity index (χ1n) is 6.85. The summed E-state index contributed by atoms with van der Waals surface area (Å²) in [5.74, 6) is -1.10. The monoisotopic (exact) mass is 306 g/mol. The lowest BCUT2D eigenvalue weighted by atomic mass is 10.3. The van der Waals surface area contributed by atoms with E-state index in [1.165, 1.54) is 12.1 Å². The number of rotatable bonds is 5. The molecule has 0 unspecified atom stereocenters. The molecular weight excluding hydrogens is 290 g/mol. The van der Waals surface area contributed by atoms with Gasteiger partial charge in [-0.1, -0.05) is 6.92 Å². The van der Waals surface area contributed by atoms with Gasteiger partial charge < -0.3 is 10.6 Å². The zero-order chi connectivity index (χ0) is 16.1. The molecule has 5 nitrogen and oxygen atoms in total. The van der Waals surface area contributed by atoms with Crippen LogP contribution in [0.4, 0.5) is 20.3 Å². The number of carbonyl (C=O) groups is 1. The molecule has 0 aliphatic carbocycles. The van der Waals surface area contributed by atoms with Crippen LogP contribution in [0.3, 0.4) is 0 Å². The average molecular weight is 306 g/mol. The van der Waals surface area contributed by atoms with E-state index < -0.39 is 11.6 Å². The van der Waals surface area contributed by atoms with Crippen LogP contribution in [0.15, 0.2) is 24.3 Å². The molecule has 22 heavy (non-hydrogen) atoms. The van der Waals surface area contributed by atoms with Gasteiger partial charge in [0.15, 0.2) is 0 Å². The highest BCUT2D eigenvalue weighted by Crippen LogP contribution is 2.20. The predicted molar refractivity (Wildman–Crippen MR) is 79.0 cm³/mol. The number of hydrogen-bond acceptors (Lipinski definition) is 4. The second kappa shape index (κ2) is 6.93. The van der Waals surface area contributed by atoms with Gasteiger partial charge in [0, 0.05) is 18.7 Å². The molecule has 0 spiro atoms. The molecule has 2 rings (SSSR count). The second-order valence-electron chi connectivity index (χ2n) is 4.69. The Morgan fingerprint density at radius 3 is 2.68 bits per heavy atom. The molecule has 7 heteroatoms. The first-order chi connectivity index (χ1) is 10.5. The Labute approximate surface area is 126 Å². The van der Waals surface area contributed by atoms with Crippen LogP contribution < -0.4 is 10.6 Å². The molecule has 1 aromatic heterocycles. The lowest BCUT2D eigenvalue weighted by molar-refractivity contribution is 0.0948. The fourth-order valence-electron chi connectivity index (χ4n) is 1.81. The van der Waals surface area contributed by atoms with Gasteiger partial charge >= 0.3 is 0 Å². The first-order valence-corrected chi connectivity index (χ1v) is 6.85. The molecule has 0 atom stereocenters. The van der Waals surface area contributed by atoms with Gasteiger partial charge in [0.05, 0.1) is 5.69 Å². The minimum Gasteiger partial charge on any atom is -0.351 e. The van der Waals surface area contributed by atoms with Gasteiger partial charge in [0.25, 0.3) is 5.91 Å². The molecule has 0 radical (unpaired) electrons. The largest absolute Gasteiger partial charge is 0.351 e. The van der Waals surface area contributed by atoms with Crippen molar-refractivity contribution in [2.75, 3.05) is 11.9 Å². The number of halogens is 2. The number of nitrogens with one attached hydrogen (secondary N) is 2. The van der Waals surface area contributed by atoms with Crippen molar-refractivity contribution < 1.29 is 13.6 Å². The van der Waals surface area contributed by atoms with E-state index >= 15 is 0 Å². The Morgan fingerprint density at radius 2 is 2.00 bits per heavy atom. The molecule has 116 valence electrons. The highest BCUT2D eigenvalue weighted by Gasteiger charge is 2.11. The molecular formula is C15H16F2N4O. The molecule has 2 aromatic rings. The van der Waals surface area contributed by atoms with Crippen LogP contribution in [0.25, 0.3) is 0 Å². The Bertz CT molecular complexity index is 691. The fourth-order valence-corrected chi connectivity index (χ4v) is 1.81. The third kappa shape index (κ3) is 3.97. The van der Waals surface area contributed by atoms with E-state index in [-0.39, 0.29) is 23.1 Å². The van der Waals surface area contributed by atoms with E-state index in [1.807, 2.05) is 6.92 Å². The van der Waals surface area contributed by atoms with Crippen molar-refractivity contribution in [3.8, 4) is 0 Å². The summed E-state index contributed by atoms with van der Waals surface area (Å²) in [5, 5.41) is 5.42. The molecule has 1 heterocycles. The zero-order valence-electron chi connectivity index (χ0n) is 12.3. The van der Waals surface area contributed by atoms with Crippen molar-refractivity contribution in [3.05, 3.63) is 47.4 Å². The Kier molecular flexibility index (Phi) is 4.98. The number of amides is 1. The summed E-state index contributed by atoms with van der Waals surface area (Å²) in [5.41, 5.74) is 0.255. The van der Waals surface area contributed by atoms with Gasteiger partial charge in [-0.3, -0.25) is 4.79 Å². The number of nitrogens with zero attached hydrogens (tertiary/aromatic N) is 2. The number of aryl methyl sites for hydroxylation is 1. The van der Waals surface area contributed by atoms with Crippen molar-refractivity contribution in [1.29, 1.82) is 0 Å². The molecule has 2 N–H and O–H groups in total. The van der Waals surface area contributed by atoms with Crippen LogP contribution in [0.1, 0.15) is 29.7 Å². The Balaban J connectivity index is 2.24. The average Bonchev–Trinajstić information content (AvgIpc) is 2.47. The maximum atomic E-state index is 13.6. The van der Waals surface area contributed by atoms with Gasteiger partial charge in [0.2, 0.25) is 0 Å². The van der Waals surface area contributed by atoms with E-state index in [1.54, 1.807) is 6.92 Å². The molecule has 0 saturated heterocycles. The second-order valence-corrected chi connectivity index (χ2v) is 4.69. The van der Waals surface area contributed by atoms with E-state index in [9.17, 15) is 13.6 Å². The SMILES string of the molecule is CCCNC(=O)c1cc(Nc2ccc(F)cc2F)nc(C)n1. The molecule has 0 fully saturated rings. The number of benzene rings is 1. The van der Waals surface area contributed by atoms with Crippen molar-refractivity contribution in [2.24, 2.45) is 0 Å². The van der Waals surface area contributed by atoms with Gasteiger partial charge in [0.1, 0.15) is 29.0 Å². The number of anilines is 2. The van der Waals surface area contributed by atoms with Crippen molar-refractivity contribution in [1.82, 2.24) is 15.3 Å². The van der Waals surface area contributed by atoms with Gasteiger partial charge in [-0.15, -0.1) is 0 Å². The summed E-state index contributed by atoms with van der Waals surface area (Å²) in [7, 11) is 0. The Morgan fingerprint density at radius 1 is 1.23 bits per heavy atom. The first kappa shape index (κ1) is 15.8. The van der Waals surface area contributed by atoms with Gasteiger partial charge in [-0.05, 0) is 25.5 Å². The fraction of sp³-hybridized carbons (Fsp3) is 0.267. The van der Waals surface area contributed by atoms with E-state index in [2.05, 4.69) is 20.6 Å². The Hall–Kier alpha value is -2.57. The van der Waals surface area contributed by atoms with Gasteiger partial charge in [-0.2, -0.15) is 0 Å². The lowest BCUT2D eigenvalue weighted by Gasteiger charge is -2.09. The van der Waals surface area contributed by atoms with E-state index in [0.29, 0.717) is 12.4 Å². The molecule has 1 aromatic carbocycles. The topological polar surface area (TPSA) is 66.9 Å². The van der Waals surface area contributed by atoms with Crippen LogP contribution in [0.5, 0.6) is 0 Å². The molecule has 0 saturated carbocycles.